The first-order chi connectivity index (χ1) is 8.57. The van der Waals surface area contributed by atoms with Crippen LogP contribution in [0.15, 0.2) is 24.3 Å². The van der Waals surface area contributed by atoms with E-state index in [1.54, 1.807) is 0 Å². The molecule has 2 N–H and O–H groups in total. The summed E-state index contributed by atoms with van der Waals surface area (Å²) in [6.07, 6.45) is 0. The van der Waals surface area contributed by atoms with Gasteiger partial charge >= 0.3 is 0 Å². The predicted molar refractivity (Wildman–Crippen MR) is 82.6 cm³/mol. The van der Waals surface area contributed by atoms with Gasteiger partial charge in [-0.05, 0) is 52.3 Å². The molecule has 0 amide bonds. The fourth-order valence-electron chi connectivity index (χ4n) is 1.91. The van der Waals surface area contributed by atoms with Gasteiger partial charge in [-0.1, -0.05) is 12.1 Å². The summed E-state index contributed by atoms with van der Waals surface area (Å²) in [6.45, 7) is 11.6. The minimum absolute atomic E-state index is 0.135. The van der Waals surface area contributed by atoms with E-state index in [1.807, 2.05) is 20.9 Å². The van der Waals surface area contributed by atoms with Gasteiger partial charge in [-0.3, -0.25) is 0 Å². The standard InChI is InChI=1S/C16H28N2O/c1-15(2,3)17-11-13-7-9-14(10-8-13)18(6)12-16(4,5)19/h7-10,17,19H,11-12H2,1-6H3. The van der Waals surface area contributed by atoms with Crippen LogP contribution in [-0.2, 0) is 6.54 Å². The number of anilines is 1. The molecule has 0 heterocycles. The predicted octanol–water partition coefficient (Wildman–Crippen LogP) is 2.78. The number of benzene rings is 1. The van der Waals surface area contributed by atoms with Crippen LogP contribution in [0.4, 0.5) is 5.69 Å². The summed E-state index contributed by atoms with van der Waals surface area (Å²) in [4.78, 5) is 2.07. The van der Waals surface area contributed by atoms with E-state index in [9.17, 15) is 5.11 Å². The van der Waals surface area contributed by atoms with Crippen LogP contribution in [0.2, 0.25) is 0 Å². The van der Waals surface area contributed by atoms with Gasteiger partial charge < -0.3 is 15.3 Å². The molecule has 1 aromatic carbocycles. The summed E-state index contributed by atoms with van der Waals surface area (Å²) in [5.41, 5.74) is 1.86. The monoisotopic (exact) mass is 264 g/mol. The summed E-state index contributed by atoms with van der Waals surface area (Å²) in [6, 6.07) is 8.47. The molecule has 3 nitrogen and oxygen atoms in total. The maximum Gasteiger partial charge on any atom is 0.0765 e. The molecule has 0 aliphatic carbocycles. The molecular weight excluding hydrogens is 236 g/mol. The van der Waals surface area contributed by atoms with Gasteiger partial charge in [-0.15, -0.1) is 0 Å². The summed E-state index contributed by atoms with van der Waals surface area (Å²) in [5.74, 6) is 0. The Morgan fingerprint density at radius 2 is 1.58 bits per heavy atom. The van der Waals surface area contributed by atoms with Crippen molar-refractivity contribution in [2.24, 2.45) is 0 Å². The highest BCUT2D eigenvalue weighted by Gasteiger charge is 2.16. The van der Waals surface area contributed by atoms with Crippen molar-refractivity contribution in [2.75, 3.05) is 18.5 Å². The van der Waals surface area contributed by atoms with Crippen molar-refractivity contribution in [3.8, 4) is 0 Å². The van der Waals surface area contributed by atoms with Crippen molar-refractivity contribution in [2.45, 2.75) is 52.3 Å². The van der Waals surface area contributed by atoms with Crippen molar-refractivity contribution in [3.05, 3.63) is 29.8 Å². The molecule has 0 saturated carbocycles. The molecule has 3 heteroatoms. The van der Waals surface area contributed by atoms with E-state index >= 15 is 0 Å². The zero-order valence-corrected chi connectivity index (χ0v) is 13.1. The van der Waals surface area contributed by atoms with Gasteiger partial charge in [0.1, 0.15) is 0 Å². The van der Waals surface area contributed by atoms with Crippen molar-refractivity contribution in [1.82, 2.24) is 5.32 Å². The Labute approximate surface area is 117 Å². The average molecular weight is 264 g/mol. The second-order valence-corrected chi connectivity index (χ2v) is 6.94. The highest BCUT2D eigenvalue weighted by molar-refractivity contribution is 5.47. The third-order valence-electron chi connectivity index (χ3n) is 2.82. The fraction of sp³-hybridized carbons (Fsp3) is 0.625. The number of nitrogens with one attached hydrogen (secondary N) is 1. The largest absolute Gasteiger partial charge is 0.389 e. The van der Waals surface area contributed by atoms with Crippen LogP contribution in [0.3, 0.4) is 0 Å². The van der Waals surface area contributed by atoms with E-state index in [1.165, 1.54) is 5.56 Å². The van der Waals surface area contributed by atoms with E-state index in [0.29, 0.717) is 6.54 Å². The van der Waals surface area contributed by atoms with Crippen LogP contribution in [0, 0.1) is 0 Å². The Bertz CT molecular complexity index is 385. The Hall–Kier alpha value is -1.06. The van der Waals surface area contributed by atoms with Crippen LogP contribution in [0.5, 0.6) is 0 Å². The van der Waals surface area contributed by atoms with Crippen LogP contribution in [0.25, 0.3) is 0 Å². The average Bonchev–Trinajstić information content (AvgIpc) is 2.23. The highest BCUT2D eigenvalue weighted by atomic mass is 16.3. The van der Waals surface area contributed by atoms with Crippen molar-refractivity contribution >= 4 is 5.69 Å². The van der Waals surface area contributed by atoms with E-state index in [0.717, 1.165) is 12.2 Å². The van der Waals surface area contributed by atoms with Crippen LogP contribution < -0.4 is 10.2 Å². The van der Waals surface area contributed by atoms with Gasteiger partial charge in [-0.25, -0.2) is 0 Å². The van der Waals surface area contributed by atoms with Gasteiger partial charge in [0.25, 0.3) is 0 Å². The number of nitrogens with zero attached hydrogens (tertiary/aromatic N) is 1. The molecule has 0 aromatic heterocycles. The number of likely N-dealkylation sites (N-methyl/N-ethyl adjacent to an activating group) is 1. The molecule has 0 bridgehead atoms. The fourth-order valence-corrected chi connectivity index (χ4v) is 1.91. The molecule has 0 atom stereocenters. The summed E-state index contributed by atoms with van der Waals surface area (Å²) in [7, 11) is 2.00. The van der Waals surface area contributed by atoms with E-state index in [-0.39, 0.29) is 5.54 Å². The first kappa shape index (κ1) is 16.0. The van der Waals surface area contributed by atoms with Crippen molar-refractivity contribution in [1.29, 1.82) is 0 Å². The first-order valence-corrected chi connectivity index (χ1v) is 6.84. The second kappa shape index (κ2) is 5.93. The van der Waals surface area contributed by atoms with Crippen LogP contribution in [-0.4, -0.2) is 29.8 Å². The lowest BCUT2D eigenvalue weighted by atomic mass is 10.1. The lowest BCUT2D eigenvalue weighted by Gasteiger charge is -2.27. The smallest absolute Gasteiger partial charge is 0.0765 e. The molecule has 0 aliphatic rings. The van der Waals surface area contributed by atoms with E-state index in [4.69, 9.17) is 0 Å². The Kier molecular flexibility index (Phi) is 4.99. The number of hydrogen-bond acceptors (Lipinski definition) is 3. The Morgan fingerprint density at radius 3 is 2.00 bits per heavy atom. The molecule has 0 unspecified atom stereocenters. The Morgan fingerprint density at radius 1 is 1.05 bits per heavy atom. The summed E-state index contributed by atoms with van der Waals surface area (Å²) >= 11 is 0. The number of rotatable bonds is 5. The first-order valence-electron chi connectivity index (χ1n) is 6.84. The second-order valence-electron chi connectivity index (χ2n) is 6.94. The lowest BCUT2D eigenvalue weighted by Crippen LogP contribution is -2.36. The van der Waals surface area contributed by atoms with Gasteiger partial charge in [0.15, 0.2) is 0 Å². The number of hydrogen-bond donors (Lipinski definition) is 2. The van der Waals surface area contributed by atoms with Crippen molar-refractivity contribution < 1.29 is 5.11 Å². The maximum atomic E-state index is 9.83. The highest BCUT2D eigenvalue weighted by Crippen LogP contribution is 2.16. The topological polar surface area (TPSA) is 35.5 Å². The Balaban J connectivity index is 2.61. The maximum absolute atomic E-state index is 9.83. The van der Waals surface area contributed by atoms with Crippen LogP contribution >= 0.6 is 0 Å². The molecule has 0 fully saturated rings. The molecule has 0 radical (unpaired) electrons. The van der Waals surface area contributed by atoms with Crippen molar-refractivity contribution in [3.63, 3.8) is 0 Å². The zero-order valence-electron chi connectivity index (χ0n) is 13.1. The quantitative estimate of drug-likeness (QED) is 0.858. The molecule has 19 heavy (non-hydrogen) atoms. The van der Waals surface area contributed by atoms with Gasteiger partial charge in [0, 0.05) is 31.4 Å². The minimum atomic E-state index is -0.679. The van der Waals surface area contributed by atoms with Gasteiger partial charge in [-0.2, -0.15) is 0 Å². The summed E-state index contributed by atoms with van der Waals surface area (Å²) < 4.78 is 0. The molecule has 1 rings (SSSR count). The van der Waals surface area contributed by atoms with Crippen LogP contribution in [0.1, 0.15) is 40.2 Å². The normalized spacial score (nSPS) is 12.6. The van der Waals surface area contributed by atoms with E-state index in [2.05, 4.69) is 55.3 Å². The van der Waals surface area contributed by atoms with E-state index < -0.39 is 5.60 Å². The molecular formula is C16H28N2O. The third-order valence-corrected chi connectivity index (χ3v) is 2.82. The lowest BCUT2D eigenvalue weighted by molar-refractivity contribution is 0.0886. The molecule has 0 aliphatic heterocycles. The number of aliphatic hydroxyl groups is 1. The molecule has 108 valence electrons. The third kappa shape index (κ3) is 6.60. The van der Waals surface area contributed by atoms with Gasteiger partial charge in [0.2, 0.25) is 0 Å². The minimum Gasteiger partial charge on any atom is -0.389 e. The molecule has 0 spiro atoms. The zero-order chi connectivity index (χ0) is 14.7. The summed E-state index contributed by atoms with van der Waals surface area (Å²) in [5, 5.41) is 13.3. The molecule has 1 aromatic rings. The molecule has 0 saturated heterocycles. The van der Waals surface area contributed by atoms with Gasteiger partial charge in [0.05, 0.1) is 5.60 Å². The SMILES string of the molecule is CN(CC(C)(C)O)c1ccc(CNC(C)(C)C)cc1.